The highest BCUT2D eigenvalue weighted by molar-refractivity contribution is 4.83. The van der Waals surface area contributed by atoms with E-state index in [1.807, 2.05) is 0 Å². The van der Waals surface area contributed by atoms with Crippen LogP contribution >= 0.6 is 0 Å². The summed E-state index contributed by atoms with van der Waals surface area (Å²) in [5.74, 6) is 0. The van der Waals surface area contributed by atoms with Crippen LogP contribution in [0.1, 0.15) is 44.9 Å². The molecule has 2 saturated carbocycles. The zero-order chi connectivity index (χ0) is 11.4. The molecule has 0 aromatic heterocycles. The van der Waals surface area contributed by atoms with Crippen molar-refractivity contribution < 1.29 is 5.11 Å². The first-order chi connectivity index (χ1) is 7.77. The van der Waals surface area contributed by atoms with Gasteiger partial charge in [-0.25, -0.2) is 0 Å². The molecular weight excluding hydrogens is 200 g/mol. The Bertz CT molecular complexity index is 204. The lowest BCUT2D eigenvalue weighted by Gasteiger charge is -2.25. The molecule has 0 amide bonds. The summed E-state index contributed by atoms with van der Waals surface area (Å²) >= 11 is 0. The van der Waals surface area contributed by atoms with Crippen molar-refractivity contribution in [1.82, 2.24) is 10.2 Å². The van der Waals surface area contributed by atoms with Crippen molar-refractivity contribution in [2.24, 2.45) is 0 Å². The van der Waals surface area contributed by atoms with Crippen LogP contribution in [0.4, 0.5) is 0 Å². The van der Waals surface area contributed by atoms with Gasteiger partial charge in [-0.3, -0.25) is 0 Å². The zero-order valence-electron chi connectivity index (χ0n) is 10.5. The van der Waals surface area contributed by atoms with E-state index in [1.54, 1.807) is 0 Å². The van der Waals surface area contributed by atoms with E-state index in [4.69, 9.17) is 0 Å². The van der Waals surface area contributed by atoms with Crippen LogP contribution in [0.3, 0.4) is 0 Å². The predicted molar refractivity (Wildman–Crippen MR) is 66.5 cm³/mol. The van der Waals surface area contributed by atoms with E-state index in [0.29, 0.717) is 6.04 Å². The highest BCUT2D eigenvalue weighted by Gasteiger charge is 2.25. The third-order valence-electron chi connectivity index (χ3n) is 4.30. The summed E-state index contributed by atoms with van der Waals surface area (Å²) in [7, 11) is 2.24. The molecule has 0 radical (unpaired) electrons. The van der Waals surface area contributed by atoms with E-state index in [0.717, 1.165) is 32.0 Å². The number of aliphatic hydroxyl groups excluding tert-OH is 1. The van der Waals surface area contributed by atoms with E-state index < -0.39 is 0 Å². The lowest BCUT2D eigenvalue weighted by molar-refractivity contribution is 0.145. The summed E-state index contributed by atoms with van der Waals surface area (Å²) in [6.07, 6.45) is 8.78. The number of nitrogens with zero attached hydrogens (tertiary/aromatic N) is 1. The molecule has 0 heterocycles. The Hall–Kier alpha value is -0.120. The van der Waals surface area contributed by atoms with Gasteiger partial charge < -0.3 is 15.3 Å². The molecule has 2 fully saturated rings. The van der Waals surface area contributed by atoms with Crippen LogP contribution in [0.5, 0.6) is 0 Å². The Kier molecular flexibility index (Phi) is 4.62. The molecule has 0 aromatic rings. The Morgan fingerprint density at radius 1 is 1.12 bits per heavy atom. The van der Waals surface area contributed by atoms with Gasteiger partial charge in [0, 0.05) is 25.2 Å². The average Bonchev–Trinajstić information content (AvgIpc) is 2.90. The molecule has 0 aliphatic heterocycles. The van der Waals surface area contributed by atoms with E-state index in [2.05, 4.69) is 17.3 Å². The van der Waals surface area contributed by atoms with Gasteiger partial charge in [-0.05, 0) is 39.2 Å². The maximum Gasteiger partial charge on any atom is 0.0693 e. The first-order valence-corrected chi connectivity index (χ1v) is 6.89. The van der Waals surface area contributed by atoms with Crippen LogP contribution < -0.4 is 5.32 Å². The summed E-state index contributed by atoms with van der Waals surface area (Å²) in [5, 5.41) is 13.2. The van der Waals surface area contributed by atoms with Gasteiger partial charge in [-0.15, -0.1) is 0 Å². The lowest BCUT2D eigenvalue weighted by Crippen LogP contribution is -2.41. The summed E-state index contributed by atoms with van der Waals surface area (Å²) in [4.78, 5) is 2.49. The third kappa shape index (κ3) is 3.19. The van der Waals surface area contributed by atoms with Gasteiger partial charge in [-0.2, -0.15) is 0 Å². The van der Waals surface area contributed by atoms with Crippen LogP contribution in [0.25, 0.3) is 0 Å². The average molecular weight is 226 g/mol. The van der Waals surface area contributed by atoms with Crippen molar-refractivity contribution in [2.45, 2.75) is 63.1 Å². The van der Waals surface area contributed by atoms with E-state index in [9.17, 15) is 5.11 Å². The molecule has 2 aliphatic rings. The molecule has 0 bridgehead atoms. The van der Waals surface area contributed by atoms with Gasteiger partial charge in [0.2, 0.25) is 0 Å². The van der Waals surface area contributed by atoms with Gasteiger partial charge in [0.1, 0.15) is 0 Å². The van der Waals surface area contributed by atoms with E-state index in [-0.39, 0.29) is 6.10 Å². The molecule has 3 heteroatoms. The Morgan fingerprint density at radius 3 is 2.50 bits per heavy atom. The van der Waals surface area contributed by atoms with Crippen LogP contribution in [0.2, 0.25) is 0 Å². The lowest BCUT2D eigenvalue weighted by atomic mass is 10.2. The molecule has 94 valence electrons. The fraction of sp³-hybridized carbons (Fsp3) is 1.00. The molecular formula is C13H26N2O. The standard InChI is InChI=1S/C13H26N2O/c1-15(11-5-2-3-6-11)10-9-14-12-7-4-8-13(12)16/h11-14,16H,2-10H2,1H3/t12-,13-/m0/s1. The molecule has 3 nitrogen and oxygen atoms in total. The van der Waals surface area contributed by atoms with Crippen molar-refractivity contribution in [2.75, 3.05) is 20.1 Å². The second kappa shape index (κ2) is 5.99. The Labute approximate surface area is 99.2 Å². The second-order valence-electron chi connectivity index (χ2n) is 5.48. The zero-order valence-corrected chi connectivity index (χ0v) is 10.5. The van der Waals surface area contributed by atoms with Crippen molar-refractivity contribution in [3.63, 3.8) is 0 Å². The molecule has 0 saturated heterocycles. The summed E-state index contributed by atoms with van der Waals surface area (Å²) in [6.45, 7) is 2.14. The number of hydrogen-bond donors (Lipinski definition) is 2. The number of nitrogens with one attached hydrogen (secondary N) is 1. The van der Waals surface area contributed by atoms with Gasteiger partial charge in [0.25, 0.3) is 0 Å². The van der Waals surface area contributed by atoms with Crippen LogP contribution in [-0.2, 0) is 0 Å². The number of likely N-dealkylation sites (N-methyl/N-ethyl adjacent to an activating group) is 1. The third-order valence-corrected chi connectivity index (χ3v) is 4.30. The van der Waals surface area contributed by atoms with Crippen LogP contribution in [0.15, 0.2) is 0 Å². The highest BCUT2D eigenvalue weighted by Crippen LogP contribution is 2.22. The first kappa shape index (κ1) is 12.3. The van der Waals surface area contributed by atoms with Gasteiger partial charge in [-0.1, -0.05) is 12.8 Å². The largest absolute Gasteiger partial charge is 0.392 e. The van der Waals surface area contributed by atoms with Gasteiger partial charge >= 0.3 is 0 Å². The van der Waals surface area contributed by atoms with Crippen molar-refractivity contribution in [3.8, 4) is 0 Å². The molecule has 2 aliphatic carbocycles. The minimum atomic E-state index is -0.100. The Balaban J connectivity index is 1.59. The summed E-state index contributed by atoms with van der Waals surface area (Å²) < 4.78 is 0. The van der Waals surface area contributed by atoms with Gasteiger partial charge in [0.15, 0.2) is 0 Å². The second-order valence-corrected chi connectivity index (χ2v) is 5.48. The fourth-order valence-electron chi connectivity index (χ4n) is 3.13. The number of aliphatic hydroxyl groups is 1. The minimum absolute atomic E-state index is 0.100. The molecule has 0 spiro atoms. The highest BCUT2D eigenvalue weighted by atomic mass is 16.3. The SMILES string of the molecule is CN(CCN[C@H]1CCC[C@@H]1O)C1CCCC1. The Morgan fingerprint density at radius 2 is 1.88 bits per heavy atom. The monoisotopic (exact) mass is 226 g/mol. The van der Waals surface area contributed by atoms with Crippen LogP contribution in [0, 0.1) is 0 Å². The maximum absolute atomic E-state index is 9.69. The molecule has 2 rings (SSSR count). The number of rotatable bonds is 5. The topological polar surface area (TPSA) is 35.5 Å². The smallest absolute Gasteiger partial charge is 0.0693 e. The normalized spacial score (nSPS) is 31.7. The first-order valence-electron chi connectivity index (χ1n) is 6.89. The molecule has 16 heavy (non-hydrogen) atoms. The van der Waals surface area contributed by atoms with E-state index in [1.165, 1.54) is 32.1 Å². The van der Waals surface area contributed by atoms with E-state index >= 15 is 0 Å². The maximum atomic E-state index is 9.69. The molecule has 0 aromatic carbocycles. The quantitative estimate of drug-likeness (QED) is 0.743. The molecule has 2 atom stereocenters. The minimum Gasteiger partial charge on any atom is -0.392 e. The fourth-order valence-corrected chi connectivity index (χ4v) is 3.13. The number of hydrogen-bond acceptors (Lipinski definition) is 3. The van der Waals surface area contributed by atoms with Crippen LogP contribution in [-0.4, -0.2) is 48.3 Å². The van der Waals surface area contributed by atoms with Crippen molar-refractivity contribution >= 4 is 0 Å². The summed E-state index contributed by atoms with van der Waals surface area (Å²) in [5.41, 5.74) is 0. The van der Waals surface area contributed by atoms with Crippen molar-refractivity contribution in [3.05, 3.63) is 0 Å². The van der Waals surface area contributed by atoms with Gasteiger partial charge in [0.05, 0.1) is 6.10 Å². The molecule has 2 N–H and O–H groups in total. The predicted octanol–water partition coefficient (Wildman–Crippen LogP) is 1.36. The summed E-state index contributed by atoms with van der Waals surface area (Å²) in [6, 6.07) is 1.17. The van der Waals surface area contributed by atoms with Crippen molar-refractivity contribution in [1.29, 1.82) is 0 Å². The molecule has 0 unspecified atom stereocenters.